The molecular weight excluding hydrogens is 244 g/mol. The van der Waals surface area contributed by atoms with Crippen LogP contribution in [-0.2, 0) is 16.1 Å². The lowest BCUT2D eigenvalue weighted by Crippen LogP contribution is -2.47. The fourth-order valence-electron chi connectivity index (χ4n) is 3.18. The standard InChI is InChI=1S/C14H20N2O3/c1-15-14(17)13-3-2-11-12(19-13)4-6-16(11)8-10-5-7-18-9-10/h5,7,9,11-13H,2-4,6,8H2,1H3,(H,15,17)/t11-,12-,13-/m0/s1. The number of amides is 1. The molecule has 5 heteroatoms. The molecule has 2 aliphatic rings. The zero-order valence-corrected chi connectivity index (χ0v) is 11.2. The lowest BCUT2D eigenvalue weighted by molar-refractivity contribution is -0.143. The van der Waals surface area contributed by atoms with Crippen LogP contribution in [0.4, 0.5) is 0 Å². The lowest BCUT2D eigenvalue weighted by Gasteiger charge is -2.35. The lowest BCUT2D eigenvalue weighted by atomic mass is 9.98. The number of carbonyl (C=O) groups is 1. The summed E-state index contributed by atoms with van der Waals surface area (Å²) in [5.41, 5.74) is 1.20. The van der Waals surface area contributed by atoms with E-state index in [4.69, 9.17) is 9.15 Å². The Bertz CT molecular complexity index is 432. The molecule has 2 fully saturated rings. The Morgan fingerprint density at radius 2 is 2.37 bits per heavy atom. The van der Waals surface area contributed by atoms with Gasteiger partial charge in [0.2, 0.25) is 5.91 Å². The van der Waals surface area contributed by atoms with Gasteiger partial charge in [-0.1, -0.05) is 0 Å². The SMILES string of the molecule is CNC(=O)[C@@H]1CC[C@H]2[C@H](CCN2Cc2ccoc2)O1. The van der Waals surface area contributed by atoms with Gasteiger partial charge in [0.15, 0.2) is 0 Å². The smallest absolute Gasteiger partial charge is 0.248 e. The summed E-state index contributed by atoms with van der Waals surface area (Å²) in [4.78, 5) is 14.1. The van der Waals surface area contributed by atoms with Crippen molar-refractivity contribution in [1.29, 1.82) is 0 Å². The van der Waals surface area contributed by atoms with Crippen molar-refractivity contribution in [1.82, 2.24) is 10.2 Å². The quantitative estimate of drug-likeness (QED) is 0.889. The molecule has 3 atom stereocenters. The number of likely N-dealkylation sites (N-methyl/N-ethyl adjacent to an activating group) is 1. The first kappa shape index (κ1) is 12.7. The highest BCUT2D eigenvalue weighted by molar-refractivity contribution is 5.80. The van der Waals surface area contributed by atoms with Gasteiger partial charge in [-0.3, -0.25) is 9.69 Å². The number of likely N-dealkylation sites (tertiary alicyclic amines) is 1. The summed E-state index contributed by atoms with van der Waals surface area (Å²) < 4.78 is 11.0. The number of hydrogen-bond acceptors (Lipinski definition) is 4. The molecule has 0 aromatic carbocycles. The molecule has 0 spiro atoms. The number of ether oxygens (including phenoxy) is 1. The number of furan rings is 1. The van der Waals surface area contributed by atoms with Crippen molar-refractivity contribution < 1.29 is 13.9 Å². The second-order valence-corrected chi connectivity index (χ2v) is 5.31. The monoisotopic (exact) mass is 264 g/mol. The van der Waals surface area contributed by atoms with Crippen LogP contribution in [0.5, 0.6) is 0 Å². The molecule has 2 aliphatic heterocycles. The minimum atomic E-state index is -0.264. The summed E-state index contributed by atoms with van der Waals surface area (Å²) in [5.74, 6) is 0.00624. The Balaban J connectivity index is 1.60. The Morgan fingerprint density at radius 3 is 3.11 bits per heavy atom. The summed E-state index contributed by atoms with van der Waals surface area (Å²) in [7, 11) is 1.66. The van der Waals surface area contributed by atoms with E-state index in [0.717, 1.165) is 32.4 Å². The largest absolute Gasteiger partial charge is 0.472 e. The van der Waals surface area contributed by atoms with Crippen LogP contribution in [-0.4, -0.2) is 42.6 Å². The van der Waals surface area contributed by atoms with Gasteiger partial charge in [0.25, 0.3) is 0 Å². The van der Waals surface area contributed by atoms with Crippen molar-refractivity contribution in [2.75, 3.05) is 13.6 Å². The maximum absolute atomic E-state index is 11.6. The molecule has 3 rings (SSSR count). The number of hydrogen-bond donors (Lipinski definition) is 1. The van der Waals surface area contributed by atoms with E-state index in [0.29, 0.717) is 6.04 Å². The van der Waals surface area contributed by atoms with Gasteiger partial charge in [0.1, 0.15) is 6.10 Å². The molecule has 1 aromatic heterocycles. The highest BCUT2D eigenvalue weighted by Gasteiger charge is 2.41. The van der Waals surface area contributed by atoms with Gasteiger partial charge < -0.3 is 14.5 Å². The molecule has 0 unspecified atom stereocenters. The maximum atomic E-state index is 11.6. The molecule has 19 heavy (non-hydrogen) atoms. The van der Waals surface area contributed by atoms with E-state index in [1.807, 2.05) is 6.07 Å². The third-order valence-corrected chi connectivity index (χ3v) is 4.17. The molecule has 3 heterocycles. The third-order valence-electron chi connectivity index (χ3n) is 4.17. The van der Waals surface area contributed by atoms with Gasteiger partial charge in [0, 0.05) is 31.7 Å². The molecule has 1 aromatic rings. The first-order valence-corrected chi connectivity index (χ1v) is 6.90. The van der Waals surface area contributed by atoms with E-state index in [1.54, 1.807) is 19.6 Å². The van der Waals surface area contributed by atoms with E-state index < -0.39 is 0 Å². The van der Waals surface area contributed by atoms with Gasteiger partial charge in [0.05, 0.1) is 18.6 Å². The molecule has 1 amide bonds. The molecule has 0 saturated carbocycles. The zero-order chi connectivity index (χ0) is 13.2. The van der Waals surface area contributed by atoms with Crippen molar-refractivity contribution in [3.05, 3.63) is 24.2 Å². The van der Waals surface area contributed by atoms with Crippen LogP contribution in [0.1, 0.15) is 24.8 Å². The first-order valence-electron chi connectivity index (χ1n) is 6.90. The van der Waals surface area contributed by atoms with E-state index >= 15 is 0 Å². The molecule has 1 N–H and O–H groups in total. The Labute approximate surface area is 112 Å². The molecule has 0 aliphatic carbocycles. The number of carbonyl (C=O) groups excluding carboxylic acids is 1. The second-order valence-electron chi connectivity index (χ2n) is 5.31. The number of rotatable bonds is 3. The minimum Gasteiger partial charge on any atom is -0.472 e. The van der Waals surface area contributed by atoms with Crippen LogP contribution in [0.3, 0.4) is 0 Å². The number of nitrogens with one attached hydrogen (secondary N) is 1. The first-order chi connectivity index (χ1) is 9.28. The summed E-state index contributed by atoms with van der Waals surface area (Å²) in [6, 6.07) is 2.44. The van der Waals surface area contributed by atoms with E-state index in [1.165, 1.54) is 5.56 Å². The molecule has 104 valence electrons. The Hall–Kier alpha value is -1.33. The average molecular weight is 264 g/mol. The minimum absolute atomic E-state index is 0.00624. The molecule has 2 saturated heterocycles. The van der Waals surface area contributed by atoms with Crippen LogP contribution in [0.25, 0.3) is 0 Å². The Morgan fingerprint density at radius 1 is 1.47 bits per heavy atom. The van der Waals surface area contributed by atoms with Crippen LogP contribution in [0.15, 0.2) is 23.0 Å². The number of fused-ring (bicyclic) bond motifs is 1. The Kier molecular flexibility index (Phi) is 3.57. The molecule has 0 radical (unpaired) electrons. The van der Waals surface area contributed by atoms with Crippen LogP contribution < -0.4 is 5.32 Å². The van der Waals surface area contributed by atoms with E-state index in [-0.39, 0.29) is 18.1 Å². The fraction of sp³-hybridized carbons (Fsp3) is 0.643. The predicted molar refractivity (Wildman–Crippen MR) is 69.5 cm³/mol. The van der Waals surface area contributed by atoms with E-state index in [9.17, 15) is 4.79 Å². The molecule has 5 nitrogen and oxygen atoms in total. The van der Waals surface area contributed by atoms with Crippen LogP contribution in [0.2, 0.25) is 0 Å². The summed E-state index contributed by atoms with van der Waals surface area (Å²) >= 11 is 0. The van der Waals surface area contributed by atoms with E-state index in [2.05, 4.69) is 10.2 Å². The summed E-state index contributed by atoms with van der Waals surface area (Å²) in [6.07, 6.45) is 6.29. The topological polar surface area (TPSA) is 54.7 Å². The average Bonchev–Trinajstić information content (AvgIpc) is 3.08. The van der Waals surface area contributed by atoms with Crippen LogP contribution in [0, 0.1) is 0 Å². The van der Waals surface area contributed by atoms with Gasteiger partial charge in [-0.2, -0.15) is 0 Å². The summed E-state index contributed by atoms with van der Waals surface area (Å²) in [6.45, 7) is 1.94. The van der Waals surface area contributed by atoms with Crippen molar-refractivity contribution in [2.24, 2.45) is 0 Å². The van der Waals surface area contributed by atoms with Gasteiger partial charge >= 0.3 is 0 Å². The van der Waals surface area contributed by atoms with Crippen molar-refractivity contribution in [3.8, 4) is 0 Å². The number of nitrogens with zero attached hydrogens (tertiary/aromatic N) is 1. The maximum Gasteiger partial charge on any atom is 0.248 e. The fourth-order valence-corrected chi connectivity index (χ4v) is 3.18. The zero-order valence-electron chi connectivity index (χ0n) is 11.2. The highest BCUT2D eigenvalue weighted by atomic mass is 16.5. The van der Waals surface area contributed by atoms with Crippen molar-refractivity contribution in [2.45, 2.75) is 44.1 Å². The molecule has 0 bridgehead atoms. The predicted octanol–water partition coefficient (Wildman–Crippen LogP) is 1.15. The third kappa shape index (κ3) is 2.53. The van der Waals surface area contributed by atoms with Gasteiger partial charge in [-0.05, 0) is 25.3 Å². The van der Waals surface area contributed by atoms with Crippen molar-refractivity contribution in [3.63, 3.8) is 0 Å². The van der Waals surface area contributed by atoms with Crippen LogP contribution >= 0.6 is 0 Å². The second kappa shape index (κ2) is 5.35. The normalized spacial score (nSPS) is 31.1. The van der Waals surface area contributed by atoms with Crippen molar-refractivity contribution >= 4 is 5.91 Å². The van der Waals surface area contributed by atoms with Gasteiger partial charge in [-0.25, -0.2) is 0 Å². The highest BCUT2D eigenvalue weighted by Crippen LogP contribution is 2.32. The summed E-state index contributed by atoms with van der Waals surface area (Å²) in [5, 5.41) is 2.67. The van der Waals surface area contributed by atoms with Gasteiger partial charge in [-0.15, -0.1) is 0 Å². The molecular formula is C14H20N2O3.